The largest absolute Gasteiger partial charge is 0.417 e. The average Bonchev–Trinajstić information content (AvgIpc) is 1.57. The molecule has 1 fully saturated rings. The van der Waals surface area contributed by atoms with Gasteiger partial charge in [0.05, 0.1) is 0 Å². The predicted molar refractivity (Wildman–Crippen MR) is 24.5 cm³/mol. The molecule has 1 N–H and O–H groups in total. The van der Waals surface area contributed by atoms with Crippen molar-refractivity contribution in [2.75, 3.05) is 0 Å². The molecule has 0 unspecified atom stereocenters. The van der Waals surface area contributed by atoms with Crippen LogP contribution in [0.2, 0.25) is 0 Å². The lowest BCUT2D eigenvalue weighted by Crippen LogP contribution is -2.50. The molecule has 1 aliphatic rings. The second kappa shape index (κ2) is 1.62. The van der Waals surface area contributed by atoms with Crippen LogP contribution >= 0.6 is 0 Å². The van der Waals surface area contributed by atoms with E-state index in [1.165, 1.54) is 6.42 Å². The van der Waals surface area contributed by atoms with Crippen LogP contribution in [0, 0.1) is 6.42 Å². The summed E-state index contributed by atoms with van der Waals surface area (Å²) in [5.41, 5.74) is -2.40. The second-order valence-electron chi connectivity index (χ2n) is 2.23. The molecule has 1 nitrogen and oxygen atoms in total. The summed E-state index contributed by atoms with van der Waals surface area (Å²) < 4.78 is 34.8. The van der Waals surface area contributed by atoms with Crippen LogP contribution < -0.4 is 0 Å². The zero-order valence-corrected chi connectivity index (χ0v) is 4.57. The van der Waals surface area contributed by atoms with Gasteiger partial charge in [0.1, 0.15) is 0 Å². The van der Waals surface area contributed by atoms with Gasteiger partial charge in [-0.15, -0.1) is 0 Å². The van der Waals surface area contributed by atoms with Crippen molar-refractivity contribution in [3.8, 4) is 0 Å². The first-order valence-corrected chi connectivity index (χ1v) is 2.56. The Morgan fingerprint density at radius 3 is 1.78 bits per heavy atom. The highest BCUT2D eigenvalue weighted by atomic mass is 19.4. The van der Waals surface area contributed by atoms with Crippen LogP contribution in [0.3, 0.4) is 0 Å². The third-order valence-corrected chi connectivity index (χ3v) is 1.49. The van der Waals surface area contributed by atoms with E-state index in [0.717, 1.165) is 0 Å². The summed E-state index contributed by atoms with van der Waals surface area (Å²) in [6.45, 7) is 0. The third kappa shape index (κ3) is 0.913. The van der Waals surface area contributed by atoms with Gasteiger partial charge in [-0.2, -0.15) is 13.2 Å². The number of aliphatic hydroxyl groups is 1. The van der Waals surface area contributed by atoms with Gasteiger partial charge in [-0.1, -0.05) is 0 Å². The van der Waals surface area contributed by atoms with Crippen molar-refractivity contribution in [3.05, 3.63) is 6.42 Å². The molecule has 0 atom stereocenters. The predicted octanol–water partition coefficient (Wildman–Crippen LogP) is 1.28. The molecule has 0 heterocycles. The molecular weight excluding hydrogens is 133 g/mol. The first-order valence-electron chi connectivity index (χ1n) is 2.56. The van der Waals surface area contributed by atoms with Crippen molar-refractivity contribution in [2.24, 2.45) is 0 Å². The molecule has 0 aliphatic heterocycles. The maximum absolute atomic E-state index is 11.6. The van der Waals surface area contributed by atoms with Crippen LogP contribution in [-0.4, -0.2) is 16.9 Å². The Balaban J connectivity index is 2.59. The van der Waals surface area contributed by atoms with Gasteiger partial charge < -0.3 is 5.11 Å². The summed E-state index contributed by atoms with van der Waals surface area (Å²) in [5.74, 6) is 0. The van der Waals surface area contributed by atoms with E-state index in [1.54, 1.807) is 0 Å². The molecule has 0 aromatic carbocycles. The highest BCUT2D eigenvalue weighted by molar-refractivity contribution is 5.04. The summed E-state index contributed by atoms with van der Waals surface area (Å²) in [6, 6.07) is 0. The van der Waals surface area contributed by atoms with Gasteiger partial charge in [0, 0.05) is 0 Å². The second-order valence-corrected chi connectivity index (χ2v) is 2.23. The van der Waals surface area contributed by atoms with Crippen molar-refractivity contribution in [2.45, 2.75) is 24.6 Å². The van der Waals surface area contributed by atoms with Crippen molar-refractivity contribution >= 4 is 0 Å². The van der Waals surface area contributed by atoms with Gasteiger partial charge in [-0.3, -0.25) is 0 Å². The average molecular weight is 139 g/mol. The van der Waals surface area contributed by atoms with Crippen LogP contribution in [0.4, 0.5) is 13.2 Å². The molecule has 1 saturated carbocycles. The van der Waals surface area contributed by atoms with Crippen molar-refractivity contribution in [3.63, 3.8) is 0 Å². The highest BCUT2D eigenvalue weighted by Gasteiger charge is 2.57. The number of halogens is 3. The molecule has 1 aliphatic carbocycles. The van der Waals surface area contributed by atoms with E-state index >= 15 is 0 Å². The van der Waals surface area contributed by atoms with Crippen LogP contribution in [0.1, 0.15) is 12.8 Å². The van der Waals surface area contributed by atoms with Gasteiger partial charge in [0.25, 0.3) is 0 Å². The van der Waals surface area contributed by atoms with Gasteiger partial charge in [-0.05, 0) is 19.3 Å². The maximum Gasteiger partial charge on any atom is 0.417 e. The first kappa shape index (κ1) is 6.86. The Hall–Kier alpha value is -0.250. The normalized spacial score (nSPS) is 25.3. The van der Waals surface area contributed by atoms with E-state index < -0.39 is 11.8 Å². The molecule has 0 spiro atoms. The molecule has 9 heavy (non-hydrogen) atoms. The van der Waals surface area contributed by atoms with Crippen LogP contribution in [0.25, 0.3) is 0 Å². The fourth-order valence-electron chi connectivity index (χ4n) is 0.649. The third-order valence-electron chi connectivity index (χ3n) is 1.49. The number of rotatable bonds is 0. The van der Waals surface area contributed by atoms with E-state index in [2.05, 4.69) is 0 Å². The SMILES string of the molecule is OC1(C(F)(F)F)C[CH]C1. The molecule has 0 aromatic heterocycles. The van der Waals surface area contributed by atoms with Crippen LogP contribution in [0.5, 0.6) is 0 Å². The summed E-state index contributed by atoms with van der Waals surface area (Å²) in [5, 5.41) is 8.59. The number of hydrogen-bond donors (Lipinski definition) is 1. The van der Waals surface area contributed by atoms with Gasteiger partial charge in [0.2, 0.25) is 0 Å². The van der Waals surface area contributed by atoms with E-state index in [1.807, 2.05) is 0 Å². The summed E-state index contributed by atoms with van der Waals surface area (Å²) in [7, 11) is 0. The first-order chi connectivity index (χ1) is 3.96. The monoisotopic (exact) mass is 139 g/mol. The molecule has 1 radical (unpaired) electrons. The zero-order valence-electron chi connectivity index (χ0n) is 4.57. The Labute approximate surface area is 50.5 Å². The Morgan fingerprint density at radius 1 is 1.33 bits per heavy atom. The summed E-state index contributed by atoms with van der Waals surface area (Å²) in [4.78, 5) is 0. The Morgan fingerprint density at radius 2 is 1.78 bits per heavy atom. The Bertz CT molecular complexity index is 114. The summed E-state index contributed by atoms with van der Waals surface area (Å²) in [6.07, 6.45) is -3.54. The summed E-state index contributed by atoms with van der Waals surface area (Å²) >= 11 is 0. The topological polar surface area (TPSA) is 20.2 Å². The number of alkyl halides is 3. The zero-order chi connectivity index (χ0) is 7.12. The van der Waals surface area contributed by atoms with Gasteiger partial charge >= 0.3 is 6.18 Å². The quantitative estimate of drug-likeness (QED) is 0.536. The number of hydrogen-bond acceptors (Lipinski definition) is 1. The standard InChI is InChI=1S/C5H6F3O/c6-5(7,8)4(9)2-1-3-4/h1,9H,2-3H2. The smallest absolute Gasteiger partial charge is 0.380 e. The van der Waals surface area contributed by atoms with Gasteiger partial charge in [0.15, 0.2) is 5.60 Å². The van der Waals surface area contributed by atoms with E-state index in [-0.39, 0.29) is 12.8 Å². The van der Waals surface area contributed by atoms with E-state index in [4.69, 9.17) is 5.11 Å². The van der Waals surface area contributed by atoms with Crippen molar-refractivity contribution in [1.82, 2.24) is 0 Å². The molecule has 0 amide bonds. The lowest BCUT2D eigenvalue weighted by molar-refractivity contribution is -0.274. The maximum atomic E-state index is 11.6. The van der Waals surface area contributed by atoms with Gasteiger partial charge in [-0.25, -0.2) is 0 Å². The van der Waals surface area contributed by atoms with Crippen LogP contribution in [-0.2, 0) is 0 Å². The minimum absolute atomic E-state index is 0.253. The molecule has 0 saturated heterocycles. The molecule has 0 aromatic rings. The van der Waals surface area contributed by atoms with E-state index in [0.29, 0.717) is 0 Å². The fourth-order valence-corrected chi connectivity index (χ4v) is 0.649. The molecule has 0 bridgehead atoms. The Kier molecular flexibility index (Phi) is 1.24. The minimum Gasteiger partial charge on any atom is -0.380 e. The van der Waals surface area contributed by atoms with E-state index in [9.17, 15) is 13.2 Å². The van der Waals surface area contributed by atoms with Crippen molar-refractivity contribution < 1.29 is 18.3 Å². The highest BCUT2D eigenvalue weighted by Crippen LogP contribution is 2.44. The fraction of sp³-hybridized carbons (Fsp3) is 0.800. The lowest BCUT2D eigenvalue weighted by atomic mass is 9.80. The van der Waals surface area contributed by atoms with Crippen LogP contribution in [0.15, 0.2) is 0 Å². The van der Waals surface area contributed by atoms with Crippen molar-refractivity contribution in [1.29, 1.82) is 0 Å². The lowest BCUT2D eigenvalue weighted by Gasteiger charge is -2.37. The minimum atomic E-state index is -4.44. The molecular formula is C5H6F3O. The molecule has 1 rings (SSSR count). The molecule has 4 heteroatoms. The molecule has 53 valence electrons.